The molecule has 1 N–H and O–H groups in total. The average Bonchev–Trinajstić information content (AvgIpc) is 3.03. The summed E-state index contributed by atoms with van der Waals surface area (Å²) in [7, 11) is 0. The van der Waals surface area contributed by atoms with Gasteiger partial charge in [-0.05, 0) is 24.3 Å². The number of benzene rings is 1. The quantitative estimate of drug-likeness (QED) is 0.802. The van der Waals surface area contributed by atoms with Crippen LogP contribution in [-0.4, -0.2) is 16.0 Å². The van der Waals surface area contributed by atoms with E-state index in [0.717, 1.165) is 5.56 Å². The van der Waals surface area contributed by atoms with Crippen LogP contribution in [0.25, 0.3) is 11.3 Å². The van der Waals surface area contributed by atoms with Crippen molar-refractivity contribution in [3.05, 3.63) is 71.2 Å². The summed E-state index contributed by atoms with van der Waals surface area (Å²) in [4.78, 5) is 15.8. The second kappa shape index (κ2) is 6.41. The molecule has 0 aliphatic heterocycles. The molecule has 0 radical (unpaired) electrons. The van der Waals surface area contributed by atoms with Crippen LogP contribution in [0.1, 0.15) is 16.1 Å². The highest BCUT2D eigenvalue weighted by Crippen LogP contribution is 2.21. The van der Waals surface area contributed by atoms with Gasteiger partial charge in [0.2, 0.25) is 0 Å². The molecule has 6 heteroatoms. The average molecular weight is 314 g/mol. The van der Waals surface area contributed by atoms with Crippen molar-refractivity contribution in [2.75, 3.05) is 0 Å². The van der Waals surface area contributed by atoms with Crippen LogP contribution in [0.3, 0.4) is 0 Å². The lowest BCUT2D eigenvalue weighted by Crippen LogP contribution is -2.22. The van der Waals surface area contributed by atoms with Crippen LogP contribution in [0.15, 0.2) is 59.4 Å². The molecule has 110 valence electrons. The largest absolute Gasteiger partial charge is 0.359 e. The molecular weight excluding hydrogens is 302 g/mol. The van der Waals surface area contributed by atoms with E-state index in [1.165, 1.54) is 6.20 Å². The smallest absolute Gasteiger partial charge is 0.253 e. The summed E-state index contributed by atoms with van der Waals surface area (Å²) in [5.74, 6) is 0.361. The third-order valence-electron chi connectivity index (χ3n) is 3.05. The minimum atomic E-state index is -0.211. The zero-order valence-electron chi connectivity index (χ0n) is 11.5. The lowest BCUT2D eigenvalue weighted by atomic mass is 10.1. The van der Waals surface area contributed by atoms with Gasteiger partial charge in [0.05, 0.1) is 12.1 Å². The number of hydrogen-bond donors (Lipinski definition) is 1. The summed E-state index contributed by atoms with van der Waals surface area (Å²) in [6.07, 6.45) is 3.13. The Bertz CT molecular complexity index is 770. The van der Waals surface area contributed by atoms with E-state index in [1.807, 2.05) is 12.1 Å². The fraction of sp³-hybridized carbons (Fsp3) is 0.0625. The second-order valence-corrected chi connectivity index (χ2v) is 5.05. The first-order chi connectivity index (χ1) is 10.7. The van der Waals surface area contributed by atoms with E-state index in [1.54, 1.807) is 36.5 Å². The van der Waals surface area contributed by atoms with Gasteiger partial charge in [0.25, 0.3) is 5.91 Å². The fourth-order valence-electron chi connectivity index (χ4n) is 1.92. The van der Waals surface area contributed by atoms with E-state index >= 15 is 0 Å². The van der Waals surface area contributed by atoms with Crippen molar-refractivity contribution >= 4 is 17.5 Å². The van der Waals surface area contributed by atoms with Crippen LogP contribution < -0.4 is 5.32 Å². The maximum atomic E-state index is 11.9. The second-order valence-electron chi connectivity index (χ2n) is 4.61. The Morgan fingerprint density at radius 2 is 2.05 bits per heavy atom. The Balaban J connectivity index is 1.65. The van der Waals surface area contributed by atoms with Crippen molar-refractivity contribution in [3.8, 4) is 11.3 Å². The van der Waals surface area contributed by atoms with Crippen molar-refractivity contribution in [1.82, 2.24) is 15.5 Å². The normalized spacial score (nSPS) is 10.4. The number of nitrogens with zero attached hydrogens (tertiary/aromatic N) is 2. The summed E-state index contributed by atoms with van der Waals surface area (Å²) >= 11 is 5.85. The molecule has 5 nitrogen and oxygen atoms in total. The standard InChI is InChI=1S/C16H12ClN3O2/c17-13-5-3-11(4-6-13)15-8-14(22-20-15)10-19-16(21)12-2-1-7-18-9-12/h1-9H,10H2,(H,19,21). The predicted octanol–water partition coefficient (Wildman–Crippen LogP) is 3.32. The summed E-state index contributed by atoms with van der Waals surface area (Å²) in [6.45, 7) is 0.258. The van der Waals surface area contributed by atoms with E-state index in [2.05, 4.69) is 15.5 Å². The third-order valence-corrected chi connectivity index (χ3v) is 3.30. The van der Waals surface area contributed by atoms with Crippen LogP contribution in [0.2, 0.25) is 5.02 Å². The Labute approximate surface area is 131 Å². The molecule has 1 amide bonds. The molecule has 0 aliphatic rings. The Kier molecular flexibility index (Phi) is 4.16. The summed E-state index contributed by atoms with van der Waals surface area (Å²) in [5, 5.41) is 7.40. The molecule has 0 unspecified atom stereocenters. The van der Waals surface area contributed by atoms with Gasteiger partial charge < -0.3 is 9.84 Å². The van der Waals surface area contributed by atoms with Gasteiger partial charge in [0.15, 0.2) is 5.76 Å². The van der Waals surface area contributed by atoms with Gasteiger partial charge in [-0.1, -0.05) is 28.9 Å². The maximum Gasteiger partial charge on any atom is 0.253 e. The molecule has 22 heavy (non-hydrogen) atoms. The van der Waals surface area contributed by atoms with Crippen molar-refractivity contribution in [2.24, 2.45) is 0 Å². The van der Waals surface area contributed by atoms with Gasteiger partial charge in [0, 0.05) is 29.0 Å². The molecule has 0 aliphatic carbocycles. The van der Waals surface area contributed by atoms with Crippen LogP contribution in [0.5, 0.6) is 0 Å². The van der Waals surface area contributed by atoms with Crippen molar-refractivity contribution in [3.63, 3.8) is 0 Å². The van der Waals surface area contributed by atoms with Gasteiger partial charge in [-0.2, -0.15) is 0 Å². The van der Waals surface area contributed by atoms with Gasteiger partial charge in [-0.25, -0.2) is 0 Å². The number of nitrogens with one attached hydrogen (secondary N) is 1. The molecule has 0 atom stereocenters. The van der Waals surface area contributed by atoms with E-state index < -0.39 is 0 Å². The molecule has 2 aromatic heterocycles. The molecule has 3 rings (SSSR count). The van der Waals surface area contributed by atoms with E-state index in [4.69, 9.17) is 16.1 Å². The van der Waals surface area contributed by atoms with E-state index in [9.17, 15) is 4.79 Å². The monoisotopic (exact) mass is 313 g/mol. The molecule has 0 saturated carbocycles. The van der Waals surface area contributed by atoms with Gasteiger partial charge in [-0.3, -0.25) is 9.78 Å². The molecular formula is C16H12ClN3O2. The Morgan fingerprint density at radius 3 is 2.77 bits per heavy atom. The first-order valence-corrected chi connectivity index (χ1v) is 7.00. The lowest BCUT2D eigenvalue weighted by Gasteiger charge is -2.01. The van der Waals surface area contributed by atoms with Crippen LogP contribution in [0, 0.1) is 0 Å². The number of amides is 1. The highest BCUT2D eigenvalue weighted by atomic mass is 35.5. The van der Waals surface area contributed by atoms with Gasteiger partial charge in [-0.15, -0.1) is 0 Å². The molecule has 0 saturated heterocycles. The predicted molar refractivity (Wildman–Crippen MR) is 82.4 cm³/mol. The Morgan fingerprint density at radius 1 is 1.23 bits per heavy atom. The van der Waals surface area contributed by atoms with Crippen LogP contribution in [0.4, 0.5) is 0 Å². The fourth-order valence-corrected chi connectivity index (χ4v) is 2.05. The first kappa shape index (κ1) is 14.3. The third kappa shape index (κ3) is 3.32. The molecule has 1 aromatic carbocycles. The Hall–Kier alpha value is -2.66. The molecule has 3 aromatic rings. The van der Waals surface area contributed by atoms with Gasteiger partial charge >= 0.3 is 0 Å². The summed E-state index contributed by atoms with van der Waals surface area (Å²) < 4.78 is 5.22. The van der Waals surface area contributed by atoms with Crippen molar-refractivity contribution in [2.45, 2.75) is 6.54 Å². The SMILES string of the molecule is O=C(NCc1cc(-c2ccc(Cl)cc2)no1)c1cccnc1. The van der Waals surface area contributed by atoms with Crippen LogP contribution in [-0.2, 0) is 6.54 Å². The highest BCUT2D eigenvalue weighted by molar-refractivity contribution is 6.30. The first-order valence-electron chi connectivity index (χ1n) is 6.62. The number of hydrogen-bond acceptors (Lipinski definition) is 4. The number of halogens is 1. The van der Waals surface area contributed by atoms with Gasteiger partial charge in [0.1, 0.15) is 5.69 Å². The van der Waals surface area contributed by atoms with E-state index in [0.29, 0.717) is 22.0 Å². The zero-order valence-corrected chi connectivity index (χ0v) is 12.2. The number of carbonyl (C=O) groups is 1. The molecule has 0 spiro atoms. The number of carbonyl (C=O) groups excluding carboxylic acids is 1. The number of aromatic nitrogens is 2. The zero-order chi connectivity index (χ0) is 15.4. The van der Waals surface area contributed by atoms with Crippen molar-refractivity contribution in [1.29, 1.82) is 0 Å². The molecule has 2 heterocycles. The minimum absolute atomic E-state index is 0.211. The number of pyridine rings is 1. The number of rotatable bonds is 4. The van der Waals surface area contributed by atoms with Crippen LogP contribution >= 0.6 is 11.6 Å². The van der Waals surface area contributed by atoms with Crippen molar-refractivity contribution < 1.29 is 9.32 Å². The van der Waals surface area contributed by atoms with E-state index in [-0.39, 0.29) is 12.5 Å². The topological polar surface area (TPSA) is 68.0 Å². The summed E-state index contributed by atoms with van der Waals surface area (Å²) in [6, 6.07) is 12.5. The summed E-state index contributed by atoms with van der Waals surface area (Å²) in [5.41, 5.74) is 2.10. The maximum absolute atomic E-state index is 11.9. The molecule has 0 bridgehead atoms. The highest BCUT2D eigenvalue weighted by Gasteiger charge is 2.09. The minimum Gasteiger partial charge on any atom is -0.359 e. The lowest BCUT2D eigenvalue weighted by molar-refractivity contribution is 0.0946. The molecule has 0 fully saturated rings.